The van der Waals surface area contributed by atoms with Gasteiger partial charge in [-0.15, -0.1) is 0 Å². The van der Waals surface area contributed by atoms with Gasteiger partial charge in [-0.05, 0) is 6.42 Å². The van der Waals surface area contributed by atoms with Gasteiger partial charge in [0.15, 0.2) is 0 Å². The van der Waals surface area contributed by atoms with Crippen LogP contribution >= 0.6 is 0 Å². The summed E-state index contributed by atoms with van der Waals surface area (Å²) in [5, 5.41) is 10.8. The molecule has 0 aliphatic carbocycles. The molecule has 0 unspecified atom stereocenters. The quantitative estimate of drug-likeness (QED) is 0.646. The molecule has 0 aliphatic heterocycles. The van der Waals surface area contributed by atoms with Gasteiger partial charge < -0.3 is 5.32 Å². The first-order chi connectivity index (χ1) is 5.54. The Labute approximate surface area is 73.8 Å². The first-order valence-electron chi connectivity index (χ1n) is 4.20. The summed E-state index contributed by atoms with van der Waals surface area (Å²) in [6.45, 7) is 5.93. The van der Waals surface area contributed by atoms with E-state index in [2.05, 4.69) is 5.32 Å². The van der Waals surface area contributed by atoms with Crippen molar-refractivity contribution in [1.29, 1.82) is 5.26 Å². The van der Waals surface area contributed by atoms with Gasteiger partial charge in [-0.1, -0.05) is 27.2 Å². The minimum absolute atomic E-state index is 0.0362. The monoisotopic (exact) mass is 168 g/mol. The van der Waals surface area contributed by atoms with E-state index < -0.39 is 0 Å². The number of hydrogen-bond donors (Lipinski definition) is 1. The van der Waals surface area contributed by atoms with Crippen LogP contribution in [-0.2, 0) is 4.79 Å². The Morgan fingerprint density at radius 1 is 1.58 bits per heavy atom. The summed E-state index contributed by atoms with van der Waals surface area (Å²) >= 11 is 0. The molecule has 0 aromatic carbocycles. The highest BCUT2D eigenvalue weighted by Crippen LogP contribution is 2.21. The third-order valence-corrected chi connectivity index (χ3v) is 1.82. The van der Waals surface area contributed by atoms with Crippen LogP contribution in [-0.4, -0.2) is 12.5 Å². The molecule has 3 nitrogen and oxygen atoms in total. The highest BCUT2D eigenvalue weighted by Gasteiger charge is 2.25. The zero-order valence-corrected chi connectivity index (χ0v) is 7.98. The van der Waals surface area contributed by atoms with Crippen LogP contribution in [0.5, 0.6) is 0 Å². The minimum Gasteiger partial charge on any atom is -0.343 e. The molecule has 0 aliphatic rings. The smallest absolute Gasteiger partial charge is 0.226 e. The Balaban J connectivity index is 3.99. The lowest BCUT2D eigenvalue weighted by molar-refractivity contribution is -0.129. The predicted octanol–water partition coefficient (Wildman–Crippen LogP) is 1.45. The molecule has 1 amide bonds. The Morgan fingerprint density at radius 2 is 2.17 bits per heavy atom. The maximum atomic E-state index is 11.4. The van der Waals surface area contributed by atoms with E-state index in [0.29, 0.717) is 0 Å². The number of amides is 1. The molecule has 0 rings (SSSR count). The Hall–Kier alpha value is -1.04. The number of nitrogens with one attached hydrogen (secondary N) is 1. The summed E-state index contributed by atoms with van der Waals surface area (Å²) in [5.74, 6) is -0.0362. The maximum absolute atomic E-state index is 11.4. The van der Waals surface area contributed by atoms with Gasteiger partial charge in [0.05, 0.1) is 6.07 Å². The summed E-state index contributed by atoms with van der Waals surface area (Å²) < 4.78 is 0. The van der Waals surface area contributed by atoms with E-state index in [-0.39, 0.29) is 17.9 Å². The van der Waals surface area contributed by atoms with E-state index in [1.807, 2.05) is 26.8 Å². The van der Waals surface area contributed by atoms with Crippen molar-refractivity contribution in [3.8, 4) is 6.07 Å². The fraction of sp³-hybridized carbons (Fsp3) is 0.778. The number of hydrogen-bond acceptors (Lipinski definition) is 2. The first kappa shape index (κ1) is 11.0. The van der Waals surface area contributed by atoms with Gasteiger partial charge in [0.25, 0.3) is 0 Å². The molecular weight excluding hydrogens is 152 g/mol. The van der Waals surface area contributed by atoms with Crippen LogP contribution in [0.4, 0.5) is 0 Å². The number of nitrogens with zero attached hydrogens (tertiary/aromatic N) is 1. The van der Waals surface area contributed by atoms with E-state index in [1.165, 1.54) is 0 Å². The van der Waals surface area contributed by atoms with E-state index in [1.54, 1.807) is 0 Å². The molecule has 0 aromatic heterocycles. The third-order valence-electron chi connectivity index (χ3n) is 1.82. The Morgan fingerprint density at radius 3 is 2.58 bits per heavy atom. The summed E-state index contributed by atoms with van der Waals surface area (Å²) in [6.07, 6.45) is 1.83. The van der Waals surface area contributed by atoms with Crippen molar-refractivity contribution in [2.24, 2.45) is 5.41 Å². The van der Waals surface area contributed by atoms with E-state index in [9.17, 15) is 4.79 Å². The maximum Gasteiger partial charge on any atom is 0.226 e. The highest BCUT2D eigenvalue weighted by atomic mass is 16.2. The van der Waals surface area contributed by atoms with Crippen LogP contribution in [0, 0.1) is 16.7 Å². The molecule has 0 radical (unpaired) electrons. The van der Waals surface area contributed by atoms with Crippen LogP contribution in [0.25, 0.3) is 0 Å². The summed E-state index contributed by atoms with van der Waals surface area (Å²) in [7, 11) is 0. The second-order valence-electron chi connectivity index (χ2n) is 3.47. The van der Waals surface area contributed by atoms with Crippen molar-refractivity contribution in [3.05, 3.63) is 0 Å². The van der Waals surface area contributed by atoms with E-state index >= 15 is 0 Å². The fourth-order valence-electron chi connectivity index (χ4n) is 1.10. The highest BCUT2D eigenvalue weighted by molar-refractivity contribution is 5.81. The molecule has 0 heterocycles. The average molecular weight is 168 g/mol. The van der Waals surface area contributed by atoms with Crippen molar-refractivity contribution >= 4 is 5.91 Å². The summed E-state index contributed by atoms with van der Waals surface area (Å²) in [4.78, 5) is 11.4. The molecule has 3 heteroatoms. The van der Waals surface area contributed by atoms with Crippen molar-refractivity contribution in [2.75, 3.05) is 6.54 Å². The third kappa shape index (κ3) is 3.38. The first-order valence-corrected chi connectivity index (χ1v) is 4.20. The standard InChI is InChI=1S/C9H16N2O/c1-4-5-9(2,3)8(12)11-7-6-10/h4-5,7H2,1-3H3,(H,11,12). The van der Waals surface area contributed by atoms with Crippen LogP contribution in [0.15, 0.2) is 0 Å². The van der Waals surface area contributed by atoms with Crippen LogP contribution in [0.1, 0.15) is 33.6 Å². The van der Waals surface area contributed by atoms with Gasteiger partial charge in [0.1, 0.15) is 6.54 Å². The molecule has 0 fully saturated rings. The topological polar surface area (TPSA) is 52.9 Å². The fourth-order valence-corrected chi connectivity index (χ4v) is 1.10. The van der Waals surface area contributed by atoms with E-state index in [0.717, 1.165) is 12.8 Å². The van der Waals surface area contributed by atoms with Crippen LogP contribution in [0.2, 0.25) is 0 Å². The van der Waals surface area contributed by atoms with Gasteiger partial charge in [-0.25, -0.2) is 0 Å². The van der Waals surface area contributed by atoms with Crippen molar-refractivity contribution in [1.82, 2.24) is 5.32 Å². The Kier molecular flexibility index (Phi) is 4.35. The van der Waals surface area contributed by atoms with Gasteiger partial charge in [-0.3, -0.25) is 4.79 Å². The molecular formula is C9H16N2O. The molecule has 0 saturated heterocycles. The molecule has 0 atom stereocenters. The zero-order chi connectivity index (χ0) is 9.61. The van der Waals surface area contributed by atoms with Crippen molar-refractivity contribution in [2.45, 2.75) is 33.6 Å². The lowest BCUT2D eigenvalue weighted by atomic mass is 9.87. The lowest BCUT2D eigenvalue weighted by Gasteiger charge is -2.21. The molecule has 0 spiro atoms. The molecule has 0 bridgehead atoms. The molecule has 68 valence electrons. The predicted molar refractivity (Wildman–Crippen MR) is 47.3 cm³/mol. The van der Waals surface area contributed by atoms with Crippen LogP contribution in [0.3, 0.4) is 0 Å². The molecule has 0 aromatic rings. The van der Waals surface area contributed by atoms with Crippen molar-refractivity contribution < 1.29 is 4.79 Å². The van der Waals surface area contributed by atoms with Crippen LogP contribution < -0.4 is 5.32 Å². The van der Waals surface area contributed by atoms with E-state index in [4.69, 9.17) is 5.26 Å². The average Bonchev–Trinajstić information content (AvgIpc) is 2.00. The van der Waals surface area contributed by atoms with Gasteiger partial charge >= 0.3 is 0 Å². The SMILES string of the molecule is CCCC(C)(C)C(=O)NCC#N. The van der Waals surface area contributed by atoms with Gasteiger partial charge in [0, 0.05) is 5.41 Å². The number of rotatable bonds is 4. The number of nitriles is 1. The Bertz CT molecular complexity index is 191. The number of carbonyl (C=O) groups is 1. The second kappa shape index (κ2) is 4.76. The summed E-state index contributed by atoms with van der Waals surface area (Å²) in [6, 6.07) is 1.88. The van der Waals surface area contributed by atoms with Gasteiger partial charge in [0.2, 0.25) is 5.91 Å². The van der Waals surface area contributed by atoms with Gasteiger partial charge in [-0.2, -0.15) is 5.26 Å². The molecule has 1 N–H and O–H groups in total. The summed E-state index contributed by atoms with van der Waals surface area (Å²) in [5.41, 5.74) is -0.342. The number of carbonyl (C=O) groups excluding carboxylic acids is 1. The minimum atomic E-state index is -0.342. The molecule has 12 heavy (non-hydrogen) atoms. The normalized spacial score (nSPS) is 10.5. The lowest BCUT2D eigenvalue weighted by Crippen LogP contribution is -2.36. The van der Waals surface area contributed by atoms with Crippen molar-refractivity contribution in [3.63, 3.8) is 0 Å². The molecule has 0 saturated carbocycles. The largest absolute Gasteiger partial charge is 0.343 e. The second-order valence-corrected chi connectivity index (χ2v) is 3.47. The zero-order valence-electron chi connectivity index (χ0n) is 7.98.